The molecule has 2 rings (SSSR count). The van der Waals surface area contributed by atoms with E-state index < -0.39 is 17.8 Å². The van der Waals surface area contributed by atoms with Crippen LogP contribution in [0.2, 0.25) is 0 Å². The molecule has 7 nitrogen and oxygen atoms in total. The molecule has 0 fully saturated rings. The largest absolute Gasteiger partial charge is 0.481 e. The Morgan fingerprint density at radius 2 is 1.93 bits per heavy atom. The Labute approximate surface area is 164 Å². The lowest BCUT2D eigenvalue weighted by Gasteiger charge is -2.27. The molecular weight excluding hydrogens is 358 g/mol. The van der Waals surface area contributed by atoms with Gasteiger partial charge in [0.15, 0.2) is 0 Å². The zero-order valence-electron chi connectivity index (χ0n) is 16.4. The number of anilines is 1. The van der Waals surface area contributed by atoms with Crippen LogP contribution in [0, 0.1) is 13.5 Å². The van der Waals surface area contributed by atoms with Crippen LogP contribution < -0.4 is 4.90 Å². The summed E-state index contributed by atoms with van der Waals surface area (Å²) in [6.07, 6.45) is 1.67. The molecule has 1 aliphatic heterocycles. The number of rotatable bonds is 6. The summed E-state index contributed by atoms with van der Waals surface area (Å²) in [5, 5.41) is 8.79. The fourth-order valence-corrected chi connectivity index (χ4v) is 2.96. The lowest BCUT2D eigenvalue weighted by atomic mass is 9.95. The number of carbonyl (C=O) groups excluding carboxylic acids is 2. The summed E-state index contributed by atoms with van der Waals surface area (Å²) < 4.78 is 0. The minimum atomic E-state index is -0.999. The second kappa shape index (κ2) is 8.53. The number of hydrogen-bond acceptors (Lipinski definition) is 4. The Bertz CT molecular complexity index is 935. The fraction of sp³-hybridized carbons (Fsp3) is 0.333. The molecule has 0 unspecified atom stereocenters. The number of carboxylic acid groups (broad SMARTS) is 1. The SMILES string of the molecule is [C-]#[N+]C1=C(C)C(=Cc2ccc(N(C)C)cc2C)C(=O)N(CCCC(=O)O)C1=O. The number of imide groups is 1. The smallest absolute Gasteiger partial charge is 0.303 e. The second-order valence-corrected chi connectivity index (χ2v) is 6.84. The normalized spacial score (nSPS) is 15.8. The van der Waals surface area contributed by atoms with E-state index in [1.165, 1.54) is 0 Å². The summed E-state index contributed by atoms with van der Waals surface area (Å²) in [6, 6.07) is 5.81. The Morgan fingerprint density at radius 3 is 2.46 bits per heavy atom. The van der Waals surface area contributed by atoms with Crippen molar-refractivity contribution in [3.05, 3.63) is 57.6 Å². The van der Waals surface area contributed by atoms with Gasteiger partial charge in [0.25, 0.3) is 17.5 Å². The van der Waals surface area contributed by atoms with E-state index in [1.54, 1.807) is 13.0 Å². The molecule has 0 aliphatic carbocycles. The zero-order valence-corrected chi connectivity index (χ0v) is 16.4. The number of aryl methyl sites for hydroxylation is 1. The number of carboxylic acids is 1. The quantitative estimate of drug-likeness (QED) is 0.465. The Hall–Kier alpha value is -3.40. The van der Waals surface area contributed by atoms with Crippen molar-refractivity contribution in [3.8, 4) is 0 Å². The van der Waals surface area contributed by atoms with Crippen LogP contribution in [0.15, 0.2) is 35.0 Å². The van der Waals surface area contributed by atoms with Crippen molar-refractivity contribution in [1.82, 2.24) is 4.90 Å². The summed E-state index contributed by atoms with van der Waals surface area (Å²) in [5.74, 6) is -2.17. The number of carbonyl (C=O) groups is 3. The Morgan fingerprint density at radius 1 is 1.25 bits per heavy atom. The fourth-order valence-electron chi connectivity index (χ4n) is 2.96. The molecule has 1 heterocycles. The van der Waals surface area contributed by atoms with Gasteiger partial charge in [-0.05, 0) is 55.2 Å². The molecule has 7 heteroatoms. The Balaban J connectivity index is 2.46. The van der Waals surface area contributed by atoms with Gasteiger partial charge < -0.3 is 10.0 Å². The summed E-state index contributed by atoms with van der Waals surface area (Å²) in [6.45, 7) is 10.8. The maximum absolute atomic E-state index is 12.9. The van der Waals surface area contributed by atoms with E-state index in [0.29, 0.717) is 5.57 Å². The lowest BCUT2D eigenvalue weighted by Crippen LogP contribution is -2.43. The highest BCUT2D eigenvalue weighted by atomic mass is 16.4. The standard InChI is InChI=1S/C21H23N3O4/c1-13-11-16(23(4)5)9-8-15(13)12-17-14(2)19(22-3)21(28)24(20(17)27)10-6-7-18(25)26/h8-9,11-12H,6-7,10H2,1-2,4-5H3,(H,25,26). The molecule has 1 aromatic carbocycles. The van der Waals surface area contributed by atoms with Gasteiger partial charge in [-0.1, -0.05) is 6.07 Å². The molecule has 0 spiro atoms. The van der Waals surface area contributed by atoms with Crippen molar-refractivity contribution in [1.29, 1.82) is 0 Å². The van der Waals surface area contributed by atoms with Crippen LogP contribution in [0.3, 0.4) is 0 Å². The molecule has 0 saturated carbocycles. The van der Waals surface area contributed by atoms with Gasteiger partial charge in [-0.3, -0.25) is 19.3 Å². The summed E-state index contributed by atoms with van der Waals surface area (Å²) in [5.41, 5.74) is 3.31. The maximum atomic E-state index is 12.9. The first-order chi connectivity index (χ1) is 13.2. The summed E-state index contributed by atoms with van der Waals surface area (Å²) >= 11 is 0. The van der Waals surface area contributed by atoms with Gasteiger partial charge in [0, 0.05) is 38.3 Å². The van der Waals surface area contributed by atoms with Gasteiger partial charge in [0.2, 0.25) is 0 Å². The highest BCUT2D eigenvalue weighted by Crippen LogP contribution is 2.29. The van der Waals surface area contributed by atoms with Gasteiger partial charge in [-0.2, -0.15) is 0 Å². The third-order valence-electron chi connectivity index (χ3n) is 4.64. The Kier molecular flexibility index (Phi) is 6.37. The summed E-state index contributed by atoms with van der Waals surface area (Å²) in [4.78, 5) is 42.4. The van der Waals surface area contributed by atoms with Crippen molar-refractivity contribution in [2.45, 2.75) is 26.7 Å². The predicted molar refractivity (Wildman–Crippen MR) is 106 cm³/mol. The van der Waals surface area contributed by atoms with Crippen LogP contribution in [-0.2, 0) is 14.4 Å². The third kappa shape index (κ3) is 4.29. The average molecular weight is 381 g/mol. The molecule has 146 valence electrons. The molecule has 0 atom stereocenters. The molecule has 0 bridgehead atoms. The van der Waals surface area contributed by atoms with E-state index in [4.69, 9.17) is 11.7 Å². The van der Waals surface area contributed by atoms with Crippen molar-refractivity contribution in [3.63, 3.8) is 0 Å². The van der Waals surface area contributed by atoms with Gasteiger partial charge in [-0.25, -0.2) is 4.85 Å². The number of benzene rings is 1. The minimum Gasteiger partial charge on any atom is -0.481 e. The highest BCUT2D eigenvalue weighted by Gasteiger charge is 2.35. The lowest BCUT2D eigenvalue weighted by molar-refractivity contribution is -0.142. The molecule has 1 aliphatic rings. The third-order valence-corrected chi connectivity index (χ3v) is 4.64. The summed E-state index contributed by atoms with van der Waals surface area (Å²) in [7, 11) is 3.88. The second-order valence-electron chi connectivity index (χ2n) is 6.84. The molecule has 1 N–H and O–H groups in total. The van der Waals surface area contributed by atoms with Crippen molar-refractivity contribution in [2.75, 3.05) is 25.5 Å². The highest BCUT2D eigenvalue weighted by molar-refractivity contribution is 6.19. The molecular formula is C21H23N3O4. The van der Waals surface area contributed by atoms with Crippen LogP contribution >= 0.6 is 0 Å². The van der Waals surface area contributed by atoms with E-state index in [9.17, 15) is 14.4 Å². The van der Waals surface area contributed by atoms with Gasteiger partial charge >= 0.3 is 5.97 Å². The molecule has 0 radical (unpaired) electrons. The first-order valence-corrected chi connectivity index (χ1v) is 8.83. The minimum absolute atomic E-state index is 0.0356. The molecule has 0 aromatic heterocycles. The van der Waals surface area contributed by atoms with E-state index in [2.05, 4.69) is 4.85 Å². The van der Waals surface area contributed by atoms with Crippen LogP contribution in [0.5, 0.6) is 0 Å². The molecule has 2 amide bonds. The first-order valence-electron chi connectivity index (χ1n) is 8.83. The van der Waals surface area contributed by atoms with Crippen molar-refractivity contribution in [2.24, 2.45) is 0 Å². The van der Waals surface area contributed by atoms with Crippen molar-refractivity contribution < 1.29 is 19.5 Å². The van der Waals surface area contributed by atoms with Crippen LogP contribution in [0.4, 0.5) is 5.69 Å². The van der Waals surface area contributed by atoms with Gasteiger partial charge in [0.1, 0.15) is 0 Å². The maximum Gasteiger partial charge on any atom is 0.303 e. The number of hydrogen-bond donors (Lipinski definition) is 1. The van der Waals surface area contributed by atoms with Crippen LogP contribution in [0.25, 0.3) is 10.9 Å². The van der Waals surface area contributed by atoms with E-state index in [1.807, 2.05) is 44.1 Å². The van der Waals surface area contributed by atoms with E-state index in [0.717, 1.165) is 21.7 Å². The van der Waals surface area contributed by atoms with E-state index >= 15 is 0 Å². The number of amides is 2. The van der Waals surface area contributed by atoms with Gasteiger partial charge in [0.05, 0.1) is 6.57 Å². The monoisotopic (exact) mass is 381 g/mol. The zero-order chi connectivity index (χ0) is 21.0. The first kappa shape index (κ1) is 20.9. The molecule has 1 aromatic rings. The molecule has 0 saturated heterocycles. The number of nitrogens with zero attached hydrogens (tertiary/aromatic N) is 3. The molecule has 28 heavy (non-hydrogen) atoms. The van der Waals surface area contributed by atoms with E-state index in [-0.39, 0.29) is 30.7 Å². The van der Waals surface area contributed by atoms with Crippen LogP contribution in [0.1, 0.15) is 30.9 Å². The topological polar surface area (TPSA) is 82.3 Å². The predicted octanol–water partition coefficient (Wildman–Crippen LogP) is 2.87. The van der Waals surface area contributed by atoms with Gasteiger partial charge in [-0.15, -0.1) is 0 Å². The van der Waals surface area contributed by atoms with Crippen molar-refractivity contribution >= 4 is 29.5 Å². The number of aliphatic carboxylic acids is 1. The average Bonchev–Trinajstić information content (AvgIpc) is 2.62. The van der Waals surface area contributed by atoms with Crippen LogP contribution in [-0.4, -0.2) is 48.4 Å².